The Kier molecular flexibility index (Phi) is 3.25. The predicted octanol–water partition coefficient (Wildman–Crippen LogP) is 1.92. The van der Waals surface area contributed by atoms with Gasteiger partial charge in [0.1, 0.15) is 5.82 Å². The van der Waals surface area contributed by atoms with Crippen LogP contribution in [0.4, 0.5) is 24.9 Å². The minimum Gasteiger partial charge on any atom is -0.368 e. The molecule has 4 nitrogen and oxygen atoms in total. The van der Waals surface area contributed by atoms with Crippen molar-refractivity contribution in [2.45, 2.75) is 26.1 Å². The molecule has 0 aliphatic rings. The molecule has 0 aliphatic heterocycles. The molecular weight excluding hydrogens is 221 g/mol. The molecule has 0 amide bonds. The molecule has 7 heteroatoms. The van der Waals surface area contributed by atoms with Crippen LogP contribution in [0.1, 0.15) is 19.5 Å². The van der Waals surface area contributed by atoms with E-state index in [-0.39, 0.29) is 17.8 Å². The Bertz CT molecular complexity index is 376. The van der Waals surface area contributed by atoms with Crippen LogP contribution in [0.2, 0.25) is 0 Å². The molecule has 0 unspecified atom stereocenters. The van der Waals surface area contributed by atoms with Crippen molar-refractivity contribution in [1.29, 1.82) is 0 Å². The van der Waals surface area contributed by atoms with Crippen LogP contribution in [-0.2, 0) is 6.18 Å². The molecule has 16 heavy (non-hydrogen) atoms. The van der Waals surface area contributed by atoms with Crippen molar-refractivity contribution in [2.75, 3.05) is 17.7 Å². The number of rotatable bonds is 2. The average Bonchev–Trinajstić information content (AvgIpc) is 2.14. The number of nitrogens with zero attached hydrogens (tertiary/aromatic N) is 3. The number of anilines is 2. The van der Waals surface area contributed by atoms with Crippen LogP contribution in [0.5, 0.6) is 0 Å². The van der Waals surface area contributed by atoms with E-state index in [0.29, 0.717) is 0 Å². The van der Waals surface area contributed by atoms with Crippen LogP contribution < -0.4 is 10.6 Å². The minimum absolute atomic E-state index is 0.0235. The zero-order chi connectivity index (χ0) is 12.5. The normalized spacial score (nSPS) is 11.9. The Morgan fingerprint density at radius 3 is 2.31 bits per heavy atom. The zero-order valence-corrected chi connectivity index (χ0v) is 9.21. The molecule has 0 saturated heterocycles. The number of nitrogen functional groups attached to an aromatic ring is 1. The van der Waals surface area contributed by atoms with E-state index in [2.05, 4.69) is 9.97 Å². The van der Waals surface area contributed by atoms with Crippen LogP contribution in [0.15, 0.2) is 6.07 Å². The van der Waals surface area contributed by atoms with Crippen molar-refractivity contribution >= 4 is 11.8 Å². The van der Waals surface area contributed by atoms with Crippen molar-refractivity contribution in [3.05, 3.63) is 11.8 Å². The maximum atomic E-state index is 12.4. The summed E-state index contributed by atoms with van der Waals surface area (Å²) < 4.78 is 37.3. The topological polar surface area (TPSA) is 55.0 Å². The summed E-state index contributed by atoms with van der Waals surface area (Å²) in [5, 5.41) is 0. The molecule has 0 aliphatic carbocycles. The molecule has 0 radical (unpaired) electrons. The van der Waals surface area contributed by atoms with Gasteiger partial charge in [-0.05, 0) is 13.8 Å². The summed E-state index contributed by atoms with van der Waals surface area (Å²) >= 11 is 0. The molecule has 0 spiro atoms. The first-order chi connectivity index (χ1) is 7.21. The second-order valence-corrected chi connectivity index (χ2v) is 3.67. The van der Waals surface area contributed by atoms with E-state index in [9.17, 15) is 13.2 Å². The molecule has 1 rings (SSSR count). The van der Waals surface area contributed by atoms with E-state index >= 15 is 0 Å². The average molecular weight is 234 g/mol. The molecule has 1 heterocycles. The van der Waals surface area contributed by atoms with Gasteiger partial charge in [-0.2, -0.15) is 18.2 Å². The first-order valence-corrected chi connectivity index (χ1v) is 4.66. The fourth-order valence-electron chi connectivity index (χ4n) is 1.04. The molecule has 2 N–H and O–H groups in total. The van der Waals surface area contributed by atoms with Crippen LogP contribution >= 0.6 is 0 Å². The fourth-order valence-corrected chi connectivity index (χ4v) is 1.04. The fraction of sp³-hybridized carbons (Fsp3) is 0.556. The van der Waals surface area contributed by atoms with Gasteiger partial charge < -0.3 is 10.6 Å². The van der Waals surface area contributed by atoms with Gasteiger partial charge in [0.15, 0.2) is 5.69 Å². The summed E-state index contributed by atoms with van der Waals surface area (Å²) in [6.45, 7) is 3.68. The summed E-state index contributed by atoms with van der Waals surface area (Å²) in [4.78, 5) is 8.51. The molecular formula is C9H13F3N4. The molecule has 0 atom stereocenters. The number of nitrogens with two attached hydrogens (primary N) is 1. The van der Waals surface area contributed by atoms with E-state index in [1.165, 1.54) is 0 Å². The smallest absolute Gasteiger partial charge is 0.368 e. The summed E-state index contributed by atoms with van der Waals surface area (Å²) in [7, 11) is 1.65. The molecule has 1 aromatic rings. The number of hydrogen-bond acceptors (Lipinski definition) is 4. The summed E-state index contributed by atoms with van der Waals surface area (Å²) in [5.41, 5.74) is 4.22. The van der Waals surface area contributed by atoms with Gasteiger partial charge in [0.25, 0.3) is 0 Å². The lowest BCUT2D eigenvalue weighted by Gasteiger charge is -2.23. The van der Waals surface area contributed by atoms with Crippen molar-refractivity contribution < 1.29 is 13.2 Å². The van der Waals surface area contributed by atoms with Crippen LogP contribution in [-0.4, -0.2) is 23.1 Å². The van der Waals surface area contributed by atoms with E-state index in [1.807, 2.05) is 13.8 Å². The van der Waals surface area contributed by atoms with E-state index in [1.54, 1.807) is 11.9 Å². The standard InChI is InChI=1S/C9H13F3N4/c1-5(2)16(3)7-4-6(9(10,11)12)14-8(13)15-7/h4-5H,1-3H3,(H2,13,14,15). The Morgan fingerprint density at radius 2 is 1.88 bits per heavy atom. The second kappa shape index (κ2) is 4.15. The molecule has 0 aromatic carbocycles. The van der Waals surface area contributed by atoms with Gasteiger partial charge in [0, 0.05) is 19.2 Å². The monoisotopic (exact) mass is 234 g/mol. The molecule has 0 fully saturated rings. The van der Waals surface area contributed by atoms with Crippen molar-refractivity contribution in [2.24, 2.45) is 0 Å². The Balaban J connectivity index is 3.18. The lowest BCUT2D eigenvalue weighted by Crippen LogP contribution is -2.27. The summed E-state index contributed by atoms with van der Waals surface area (Å²) in [6, 6.07) is 0.909. The Hall–Kier alpha value is -1.53. The predicted molar refractivity (Wildman–Crippen MR) is 55.0 cm³/mol. The van der Waals surface area contributed by atoms with Crippen molar-refractivity contribution in [1.82, 2.24) is 9.97 Å². The summed E-state index contributed by atoms with van der Waals surface area (Å²) in [5.74, 6) is -0.216. The lowest BCUT2D eigenvalue weighted by molar-refractivity contribution is -0.141. The maximum Gasteiger partial charge on any atom is 0.433 e. The first kappa shape index (κ1) is 12.5. The highest BCUT2D eigenvalue weighted by molar-refractivity contribution is 5.44. The zero-order valence-electron chi connectivity index (χ0n) is 9.21. The number of hydrogen-bond donors (Lipinski definition) is 1. The maximum absolute atomic E-state index is 12.4. The largest absolute Gasteiger partial charge is 0.433 e. The third kappa shape index (κ3) is 2.74. The Morgan fingerprint density at radius 1 is 1.31 bits per heavy atom. The quantitative estimate of drug-likeness (QED) is 0.849. The van der Waals surface area contributed by atoms with Gasteiger partial charge in [0.05, 0.1) is 0 Å². The van der Waals surface area contributed by atoms with Gasteiger partial charge in [-0.1, -0.05) is 0 Å². The third-order valence-electron chi connectivity index (χ3n) is 2.16. The number of aromatic nitrogens is 2. The van der Waals surface area contributed by atoms with Gasteiger partial charge in [-0.25, -0.2) is 4.98 Å². The molecule has 0 saturated carbocycles. The first-order valence-electron chi connectivity index (χ1n) is 4.66. The van der Waals surface area contributed by atoms with E-state index in [4.69, 9.17) is 5.73 Å². The van der Waals surface area contributed by atoms with Gasteiger partial charge in [-0.3, -0.25) is 0 Å². The Labute approximate surface area is 91.3 Å². The number of alkyl halides is 3. The SMILES string of the molecule is CC(C)N(C)c1cc(C(F)(F)F)nc(N)n1. The van der Waals surface area contributed by atoms with E-state index in [0.717, 1.165) is 6.07 Å². The van der Waals surface area contributed by atoms with Gasteiger partial charge in [-0.15, -0.1) is 0 Å². The van der Waals surface area contributed by atoms with Crippen molar-refractivity contribution in [3.63, 3.8) is 0 Å². The highest BCUT2D eigenvalue weighted by Crippen LogP contribution is 2.30. The van der Waals surface area contributed by atoms with Crippen molar-refractivity contribution in [3.8, 4) is 0 Å². The van der Waals surface area contributed by atoms with Crippen LogP contribution in [0, 0.1) is 0 Å². The lowest BCUT2D eigenvalue weighted by atomic mass is 10.3. The summed E-state index contributed by atoms with van der Waals surface area (Å²) in [6.07, 6.45) is -4.51. The van der Waals surface area contributed by atoms with Gasteiger partial charge >= 0.3 is 6.18 Å². The second-order valence-electron chi connectivity index (χ2n) is 3.67. The van der Waals surface area contributed by atoms with Gasteiger partial charge in [0.2, 0.25) is 5.95 Å². The highest BCUT2D eigenvalue weighted by atomic mass is 19.4. The van der Waals surface area contributed by atoms with E-state index < -0.39 is 11.9 Å². The van der Waals surface area contributed by atoms with Crippen LogP contribution in [0.25, 0.3) is 0 Å². The minimum atomic E-state index is -4.51. The molecule has 1 aromatic heterocycles. The highest BCUT2D eigenvalue weighted by Gasteiger charge is 2.33. The molecule has 0 bridgehead atoms. The number of halogens is 3. The molecule has 90 valence electrons. The van der Waals surface area contributed by atoms with Crippen LogP contribution in [0.3, 0.4) is 0 Å². The third-order valence-corrected chi connectivity index (χ3v) is 2.16.